The van der Waals surface area contributed by atoms with Crippen LogP contribution in [0.2, 0.25) is 98.2 Å². The molecule has 0 bridgehead atoms. The van der Waals surface area contributed by atoms with Gasteiger partial charge in [-0.15, -0.1) is 6.58 Å². The molecule has 0 aromatic rings. The molecular formula is C21H56O6Si7. The Morgan fingerprint density at radius 1 is 0.471 bits per heavy atom. The molecule has 0 heterocycles. The van der Waals surface area contributed by atoms with Crippen molar-refractivity contribution in [1.82, 2.24) is 0 Å². The summed E-state index contributed by atoms with van der Waals surface area (Å²) < 4.78 is 39.0. The van der Waals surface area contributed by atoms with Gasteiger partial charge < -0.3 is 25.9 Å². The number of ether oxygens (including phenoxy) is 2. The van der Waals surface area contributed by atoms with Gasteiger partial charge >= 0.3 is 8.56 Å². The van der Waals surface area contributed by atoms with Crippen LogP contribution in [0.4, 0.5) is 0 Å². The van der Waals surface area contributed by atoms with E-state index in [1.165, 1.54) is 0 Å². The zero-order valence-corrected chi connectivity index (χ0v) is 32.1. The largest absolute Gasteiger partial charge is 0.454 e. The van der Waals surface area contributed by atoms with Crippen LogP contribution in [-0.4, -0.2) is 83.4 Å². The van der Waals surface area contributed by atoms with Crippen LogP contribution >= 0.6 is 0 Å². The monoisotopic (exact) mass is 600 g/mol. The molecular weight excluding hydrogens is 545 g/mol. The third kappa shape index (κ3) is 17.5. The van der Waals surface area contributed by atoms with Gasteiger partial charge in [0.25, 0.3) is 8.32 Å². The van der Waals surface area contributed by atoms with E-state index in [-0.39, 0.29) is 0 Å². The Morgan fingerprint density at radius 3 is 1.06 bits per heavy atom. The van der Waals surface area contributed by atoms with Crippen LogP contribution < -0.4 is 0 Å². The van der Waals surface area contributed by atoms with Crippen LogP contribution in [0.25, 0.3) is 0 Å². The van der Waals surface area contributed by atoms with Crippen molar-refractivity contribution >= 4 is 58.5 Å². The first-order valence-corrected chi connectivity index (χ1v) is 34.1. The lowest BCUT2D eigenvalue weighted by Crippen LogP contribution is -2.59. The zero-order chi connectivity index (χ0) is 27.3. The van der Waals surface area contributed by atoms with Crippen LogP contribution in [0.5, 0.6) is 0 Å². The summed E-state index contributed by atoms with van der Waals surface area (Å²) in [5.41, 5.74) is 1.98. The lowest BCUT2D eigenvalue weighted by Gasteiger charge is -2.40. The van der Waals surface area contributed by atoms with E-state index >= 15 is 0 Å². The molecule has 0 saturated heterocycles. The predicted molar refractivity (Wildman–Crippen MR) is 164 cm³/mol. The average molecular weight is 601 g/mol. The van der Waals surface area contributed by atoms with E-state index in [1.807, 2.05) is 5.70 Å². The lowest BCUT2D eigenvalue weighted by molar-refractivity contribution is 0.162. The molecule has 13 heteroatoms. The topological polar surface area (TPSA) is 55.4 Å². The molecule has 0 saturated carbocycles. The quantitative estimate of drug-likeness (QED) is 0.177. The SMILES string of the molecule is C=C[Si](COC[Si](C)(C)O[Si](C)(C)C)(COC[Si](C)(C)O[Si](C)(C)C)O[Si](C)(C)O[Si](C)(C)C. The minimum Gasteiger partial charge on any atom is -0.454 e. The van der Waals surface area contributed by atoms with E-state index in [0.717, 1.165) is 0 Å². The van der Waals surface area contributed by atoms with E-state index in [0.29, 0.717) is 24.9 Å². The van der Waals surface area contributed by atoms with E-state index in [4.69, 9.17) is 25.9 Å². The fourth-order valence-corrected chi connectivity index (χ4v) is 31.9. The summed E-state index contributed by atoms with van der Waals surface area (Å²) in [6.45, 7) is 37.4. The van der Waals surface area contributed by atoms with Crippen molar-refractivity contribution in [3.63, 3.8) is 0 Å². The average Bonchev–Trinajstić information content (AvgIpc) is 2.46. The van der Waals surface area contributed by atoms with Gasteiger partial charge in [0.15, 0.2) is 41.6 Å². The van der Waals surface area contributed by atoms with Crippen LogP contribution in [0.3, 0.4) is 0 Å². The van der Waals surface area contributed by atoms with Gasteiger partial charge in [-0.2, -0.15) is 0 Å². The summed E-state index contributed by atoms with van der Waals surface area (Å²) in [5.74, 6) is 0. The highest BCUT2D eigenvalue weighted by molar-refractivity contribution is 6.90. The van der Waals surface area contributed by atoms with Gasteiger partial charge in [0.05, 0.1) is 24.9 Å². The molecule has 0 aliphatic carbocycles. The van der Waals surface area contributed by atoms with Gasteiger partial charge in [0.1, 0.15) is 0 Å². The van der Waals surface area contributed by atoms with Crippen molar-refractivity contribution in [2.75, 3.05) is 24.9 Å². The van der Waals surface area contributed by atoms with E-state index in [2.05, 4.69) is 105 Å². The Kier molecular flexibility index (Phi) is 13.1. The molecule has 0 aliphatic heterocycles. The third-order valence-corrected chi connectivity index (χ3v) is 25.4. The molecule has 0 amide bonds. The molecule has 0 spiro atoms. The Morgan fingerprint density at radius 2 is 0.794 bits per heavy atom. The molecule has 0 unspecified atom stereocenters. The smallest absolute Gasteiger partial charge is 0.311 e. The Balaban J connectivity index is 5.53. The number of rotatable bonds is 17. The highest BCUT2D eigenvalue weighted by atomic mass is 28.5. The van der Waals surface area contributed by atoms with Crippen molar-refractivity contribution < 1.29 is 25.9 Å². The first-order chi connectivity index (χ1) is 14.8. The standard InChI is InChI=1S/C21H56O6Si7/c1-17-34(27-33(15,16)26-30(8,9)10,20-22-18-31(11,12)24-28(2,3)4)21-23-19-32(13,14)25-29(5,6)7/h17H,1,18-21H2,2-16H3. The van der Waals surface area contributed by atoms with Crippen LogP contribution in [0, 0.1) is 0 Å². The number of hydrogen-bond acceptors (Lipinski definition) is 6. The molecule has 0 aromatic heterocycles. The maximum Gasteiger partial charge on any atom is 0.311 e. The minimum absolute atomic E-state index is 0.504. The maximum atomic E-state index is 6.87. The van der Waals surface area contributed by atoms with Gasteiger partial charge in [-0.05, 0) is 98.2 Å². The maximum absolute atomic E-state index is 6.87. The van der Waals surface area contributed by atoms with Gasteiger partial charge in [0, 0.05) is 0 Å². The third-order valence-electron chi connectivity index (χ3n) is 4.13. The first kappa shape index (κ1) is 35.0. The van der Waals surface area contributed by atoms with Crippen LogP contribution in [-0.2, 0) is 25.9 Å². The van der Waals surface area contributed by atoms with Gasteiger partial charge in [-0.3, -0.25) is 0 Å². The molecule has 0 N–H and O–H groups in total. The van der Waals surface area contributed by atoms with E-state index in [1.54, 1.807) is 0 Å². The summed E-state index contributed by atoms with van der Waals surface area (Å²) in [7, 11) is -13.8. The van der Waals surface area contributed by atoms with Crippen molar-refractivity contribution in [2.24, 2.45) is 0 Å². The van der Waals surface area contributed by atoms with Gasteiger partial charge in [-0.1, -0.05) is 5.70 Å². The molecule has 204 valence electrons. The van der Waals surface area contributed by atoms with Gasteiger partial charge in [0.2, 0.25) is 0 Å². The Bertz CT molecular complexity index is 603. The fraction of sp³-hybridized carbons (Fsp3) is 0.905. The molecule has 34 heavy (non-hydrogen) atoms. The first-order valence-electron chi connectivity index (χ1n) is 12.4. The zero-order valence-electron chi connectivity index (χ0n) is 25.1. The second-order valence-electron chi connectivity index (χ2n) is 13.9. The predicted octanol–water partition coefficient (Wildman–Crippen LogP) is 6.53. The second kappa shape index (κ2) is 12.7. The van der Waals surface area contributed by atoms with Crippen molar-refractivity contribution in [3.8, 4) is 0 Å². The van der Waals surface area contributed by atoms with Crippen molar-refractivity contribution in [3.05, 3.63) is 12.3 Å². The lowest BCUT2D eigenvalue weighted by atomic mass is 11.3. The van der Waals surface area contributed by atoms with Gasteiger partial charge in [-0.25, -0.2) is 0 Å². The normalized spacial score (nSPS) is 15.0. The highest BCUT2D eigenvalue weighted by Crippen LogP contribution is 2.23. The summed E-state index contributed by atoms with van der Waals surface area (Å²) in [6, 6.07) is 0. The van der Waals surface area contributed by atoms with Crippen molar-refractivity contribution in [2.45, 2.75) is 98.2 Å². The summed E-state index contributed by atoms with van der Waals surface area (Å²) >= 11 is 0. The molecule has 0 radical (unpaired) electrons. The van der Waals surface area contributed by atoms with E-state index in [9.17, 15) is 0 Å². The van der Waals surface area contributed by atoms with Crippen molar-refractivity contribution in [1.29, 1.82) is 0 Å². The molecule has 6 nitrogen and oxygen atoms in total. The Hall–Kier alpha value is 1.02. The van der Waals surface area contributed by atoms with E-state index < -0.39 is 58.5 Å². The molecule has 0 aromatic carbocycles. The fourth-order valence-electron chi connectivity index (χ4n) is 4.16. The molecule has 0 atom stereocenters. The second-order valence-corrected chi connectivity index (χ2v) is 43.4. The highest BCUT2D eigenvalue weighted by Gasteiger charge is 2.44. The minimum atomic E-state index is -2.59. The molecule has 0 fully saturated rings. The van der Waals surface area contributed by atoms with Crippen LogP contribution in [0.15, 0.2) is 12.3 Å². The molecule has 0 aliphatic rings. The summed E-state index contributed by atoms with van der Waals surface area (Å²) in [5, 5.41) is 0. The van der Waals surface area contributed by atoms with Crippen LogP contribution in [0.1, 0.15) is 0 Å². The Labute approximate surface area is 219 Å². The summed E-state index contributed by atoms with van der Waals surface area (Å²) in [6.07, 6.45) is 2.28. The number of hydrogen-bond donors (Lipinski definition) is 0. The summed E-state index contributed by atoms with van der Waals surface area (Å²) in [4.78, 5) is 0. The molecule has 0 rings (SSSR count).